The van der Waals surface area contributed by atoms with Gasteiger partial charge in [-0.3, -0.25) is 0 Å². The molecule has 116 valence electrons. The fourth-order valence-electron chi connectivity index (χ4n) is 2.62. The van der Waals surface area contributed by atoms with E-state index in [1.807, 2.05) is 31.1 Å². The predicted octanol–water partition coefficient (Wildman–Crippen LogP) is 2.06. The van der Waals surface area contributed by atoms with Gasteiger partial charge in [0.05, 0.1) is 6.20 Å². The Morgan fingerprint density at radius 2 is 2.13 bits per heavy atom. The number of halogens is 1. The Labute approximate surface area is 130 Å². The third-order valence-corrected chi connectivity index (χ3v) is 3.72. The molecule has 0 spiro atoms. The van der Waals surface area contributed by atoms with Gasteiger partial charge in [0, 0.05) is 31.2 Å². The zero-order valence-electron chi connectivity index (χ0n) is 12.6. The van der Waals surface area contributed by atoms with Crippen molar-refractivity contribution in [3.8, 4) is 11.4 Å². The molecule has 0 aromatic carbocycles. The molecule has 4 heterocycles. The van der Waals surface area contributed by atoms with Crippen LogP contribution in [0.3, 0.4) is 0 Å². The first-order valence-electron chi connectivity index (χ1n) is 7.00. The number of pyridine rings is 1. The van der Waals surface area contributed by atoms with Crippen LogP contribution in [0.5, 0.6) is 0 Å². The second-order valence-corrected chi connectivity index (χ2v) is 5.46. The number of aromatic nitrogens is 5. The summed E-state index contributed by atoms with van der Waals surface area (Å²) in [5.74, 6) is 1.23. The second kappa shape index (κ2) is 4.67. The summed E-state index contributed by atoms with van der Waals surface area (Å²) in [6.45, 7) is 0. The quantitative estimate of drug-likeness (QED) is 0.591. The number of nitrogens with one attached hydrogen (secondary N) is 1. The summed E-state index contributed by atoms with van der Waals surface area (Å²) in [5, 5.41) is 5.17. The topological polar surface area (TPSA) is 88.1 Å². The average molecular weight is 311 g/mol. The molecule has 0 radical (unpaired) electrons. The van der Waals surface area contributed by atoms with Crippen LogP contribution in [0.15, 0.2) is 30.6 Å². The zero-order chi connectivity index (χ0) is 16.1. The normalized spacial score (nSPS) is 11.4. The van der Waals surface area contributed by atoms with Crippen molar-refractivity contribution in [2.24, 2.45) is 0 Å². The van der Waals surface area contributed by atoms with Crippen LogP contribution in [0.2, 0.25) is 0 Å². The SMILES string of the molecule is CN(C)c1ccc2c(N)nc(-c3c[nH]c4ncc(F)cc34)nn12. The Kier molecular flexibility index (Phi) is 2.74. The van der Waals surface area contributed by atoms with Crippen LogP contribution < -0.4 is 10.6 Å². The van der Waals surface area contributed by atoms with E-state index in [1.165, 1.54) is 6.07 Å². The van der Waals surface area contributed by atoms with Gasteiger partial charge in [-0.25, -0.2) is 18.9 Å². The van der Waals surface area contributed by atoms with Gasteiger partial charge in [0.1, 0.15) is 22.8 Å². The van der Waals surface area contributed by atoms with E-state index in [0.29, 0.717) is 28.2 Å². The molecule has 0 unspecified atom stereocenters. The predicted molar refractivity (Wildman–Crippen MR) is 86.8 cm³/mol. The molecule has 0 saturated heterocycles. The third-order valence-electron chi connectivity index (χ3n) is 3.72. The van der Waals surface area contributed by atoms with Crippen LogP contribution in [0, 0.1) is 5.82 Å². The number of aromatic amines is 1. The Bertz CT molecular complexity index is 1030. The van der Waals surface area contributed by atoms with Crippen LogP contribution in [-0.2, 0) is 0 Å². The molecule has 0 atom stereocenters. The number of hydrogen-bond donors (Lipinski definition) is 2. The van der Waals surface area contributed by atoms with Gasteiger partial charge in [-0.2, -0.15) is 0 Å². The lowest BCUT2D eigenvalue weighted by atomic mass is 10.2. The first-order chi connectivity index (χ1) is 11.0. The highest BCUT2D eigenvalue weighted by molar-refractivity contribution is 5.92. The lowest BCUT2D eigenvalue weighted by Gasteiger charge is -2.12. The van der Waals surface area contributed by atoms with Gasteiger partial charge in [-0.15, -0.1) is 5.10 Å². The Morgan fingerprint density at radius 3 is 2.91 bits per heavy atom. The highest BCUT2D eigenvalue weighted by atomic mass is 19.1. The van der Waals surface area contributed by atoms with Crippen molar-refractivity contribution >= 4 is 28.2 Å². The standard InChI is InChI=1S/C15H14FN7/c1-22(2)12-4-3-11-13(17)20-15(21-23(11)12)10-7-19-14-9(10)5-8(16)6-18-14/h3-7H,1-2H3,(H,18,19)(H2,17,20,21). The van der Waals surface area contributed by atoms with E-state index in [0.717, 1.165) is 17.5 Å². The molecule has 0 bridgehead atoms. The minimum atomic E-state index is -0.414. The van der Waals surface area contributed by atoms with Gasteiger partial charge < -0.3 is 15.6 Å². The van der Waals surface area contributed by atoms with Crippen LogP contribution in [0.4, 0.5) is 16.0 Å². The Balaban J connectivity index is 2.00. The molecule has 4 rings (SSSR count). The Morgan fingerprint density at radius 1 is 1.30 bits per heavy atom. The summed E-state index contributed by atoms with van der Waals surface area (Å²) >= 11 is 0. The minimum absolute atomic E-state index is 0.363. The molecule has 3 N–H and O–H groups in total. The number of nitrogens with two attached hydrogens (primary N) is 1. The van der Waals surface area contributed by atoms with Gasteiger partial charge in [-0.1, -0.05) is 0 Å². The monoisotopic (exact) mass is 311 g/mol. The van der Waals surface area contributed by atoms with Gasteiger partial charge in [0.15, 0.2) is 11.6 Å². The molecule has 7 nitrogen and oxygen atoms in total. The smallest absolute Gasteiger partial charge is 0.184 e. The fraction of sp³-hybridized carbons (Fsp3) is 0.133. The Hall–Kier alpha value is -3.16. The maximum atomic E-state index is 13.5. The summed E-state index contributed by atoms with van der Waals surface area (Å²) < 4.78 is 15.2. The first-order valence-corrected chi connectivity index (χ1v) is 7.00. The molecular formula is C15H14FN7. The van der Waals surface area contributed by atoms with E-state index >= 15 is 0 Å². The molecule has 0 saturated carbocycles. The molecule has 8 heteroatoms. The second-order valence-electron chi connectivity index (χ2n) is 5.46. The number of anilines is 2. The van der Waals surface area contributed by atoms with E-state index in [9.17, 15) is 4.39 Å². The van der Waals surface area contributed by atoms with Gasteiger partial charge >= 0.3 is 0 Å². The summed E-state index contributed by atoms with van der Waals surface area (Å²) in [5.41, 5.74) is 8.01. The van der Waals surface area contributed by atoms with Crippen LogP contribution in [-0.4, -0.2) is 38.7 Å². The van der Waals surface area contributed by atoms with E-state index in [4.69, 9.17) is 5.73 Å². The molecular weight excluding hydrogens is 297 g/mol. The van der Waals surface area contributed by atoms with Crippen molar-refractivity contribution in [1.82, 2.24) is 24.6 Å². The average Bonchev–Trinajstić information content (AvgIpc) is 3.10. The highest BCUT2D eigenvalue weighted by Crippen LogP contribution is 2.28. The number of fused-ring (bicyclic) bond motifs is 2. The molecule has 0 aliphatic rings. The molecule has 0 aliphatic carbocycles. The lowest BCUT2D eigenvalue weighted by molar-refractivity contribution is 0.624. The summed E-state index contributed by atoms with van der Waals surface area (Å²) in [4.78, 5) is 13.3. The van der Waals surface area contributed by atoms with Crippen LogP contribution in [0.1, 0.15) is 0 Å². The third kappa shape index (κ3) is 1.99. The molecule has 0 fully saturated rings. The van der Waals surface area contributed by atoms with Crippen LogP contribution in [0.25, 0.3) is 27.9 Å². The van der Waals surface area contributed by atoms with Crippen molar-refractivity contribution in [1.29, 1.82) is 0 Å². The molecule has 4 aromatic rings. The van der Waals surface area contributed by atoms with E-state index in [-0.39, 0.29) is 0 Å². The zero-order valence-corrected chi connectivity index (χ0v) is 12.6. The number of nitrogens with zero attached hydrogens (tertiary/aromatic N) is 5. The maximum Gasteiger partial charge on any atom is 0.184 e. The molecule has 23 heavy (non-hydrogen) atoms. The summed E-state index contributed by atoms with van der Waals surface area (Å²) in [7, 11) is 3.84. The molecule has 4 aromatic heterocycles. The van der Waals surface area contributed by atoms with Crippen molar-refractivity contribution in [2.45, 2.75) is 0 Å². The number of rotatable bonds is 2. The van der Waals surface area contributed by atoms with E-state index < -0.39 is 5.82 Å². The van der Waals surface area contributed by atoms with Crippen LogP contribution >= 0.6 is 0 Å². The largest absolute Gasteiger partial charge is 0.382 e. The fourth-order valence-corrected chi connectivity index (χ4v) is 2.62. The summed E-state index contributed by atoms with van der Waals surface area (Å²) in [6, 6.07) is 5.19. The van der Waals surface area contributed by atoms with Crippen molar-refractivity contribution in [2.75, 3.05) is 24.7 Å². The van der Waals surface area contributed by atoms with Crippen molar-refractivity contribution < 1.29 is 4.39 Å². The maximum absolute atomic E-state index is 13.5. The minimum Gasteiger partial charge on any atom is -0.382 e. The first kappa shape index (κ1) is 13.5. The van der Waals surface area contributed by atoms with Crippen molar-refractivity contribution in [3.05, 3.63) is 36.4 Å². The number of H-pyrrole nitrogens is 1. The molecule has 0 amide bonds. The van der Waals surface area contributed by atoms with Gasteiger partial charge in [0.25, 0.3) is 0 Å². The highest BCUT2D eigenvalue weighted by Gasteiger charge is 2.15. The number of hydrogen-bond acceptors (Lipinski definition) is 5. The van der Waals surface area contributed by atoms with Crippen molar-refractivity contribution in [3.63, 3.8) is 0 Å². The van der Waals surface area contributed by atoms with E-state index in [1.54, 1.807) is 10.7 Å². The van der Waals surface area contributed by atoms with E-state index in [2.05, 4.69) is 20.1 Å². The number of nitrogen functional groups attached to an aromatic ring is 1. The van der Waals surface area contributed by atoms with Gasteiger partial charge in [0.2, 0.25) is 0 Å². The van der Waals surface area contributed by atoms with Gasteiger partial charge in [-0.05, 0) is 18.2 Å². The summed E-state index contributed by atoms with van der Waals surface area (Å²) in [6.07, 6.45) is 2.87. The molecule has 0 aliphatic heterocycles. The lowest BCUT2D eigenvalue weighted by Crippen LogP contribution is -2.13.